The number of halogens is 1. The Balaban J connectivity index is 1.83. The first-order chi connectivity index (χ1) is 9.15. The average Bonchev–Trinajstić information content (AvgIpc) is 2.42. The second kappa shape index (κ2) is 6.63. The second-order valence-electron chi connectivity index (χ2n) is 4.90. The van der Waals surface area contributed by atoms with Gasteiger partial charge in [0, 0.05) is 39.8 Å². The standard InChI is InChI=1S/C14H20FN3O/c1-17(10-12-2-4-13(15)5-3-12)14(19)11-18-8-6-16-7-9-18/h2-5,16H,6-11H2,1H3. The van der Waals surface area contributed by atoms with Gasteiger partial charge in [0.1, 0.15) is 5.82 Å². The van der Waals surface area contributed by atoms with Crippen molar-refractivity contribution in [1.29, 1.82) is 0 Å². The van der Waals surface area contributed by atoms with Gasteiger partial charge in [0.25, 0.3) is 0 Å². The molecule has 0 unspecified atom stereocenters. The first-order valence-electron chi connectivity index (χ1n) is 6.56. The predicted molar refractivity (Wildman–Crippen MR) is 72.2 cm³/mol. The largest absolute Gasteiger partial charge is 0.340 e. The predicted octanol–water partition coefficient (Wildman–Crippen LogP) is 0.689. The molecule has 0 aliphatic carbocycles. The fourth-order valence-corrected chi connectivity index (χ4v) is 2.13. The molecule has 0 bridgehead atoms. The van der Waals surface area contributed by atoms with E-state index in [1.54, 1.807) is 24.1 Å². The maximum atomic E-state index is 12.8. The summed E-state index contributed by atoms with van der Waals surface area (Å²) in [5.41, 5.74) is 0.942. The number of piperazine rings is 1. The van der Waals surface area contributed by atoms with E-state index in [1.165, 1.54) is 12.1 Å². The highest BCUT2D eigenvalue weighted by molar-refractivity contribution is 5.78. The van der Waals surface area contributed by atoms with E-state index in [1.807, 2.05) is 0 Å². The van der Waals surface area contributed by atoms with Crippen LogP contribution in [-0.4, -0.2) is 55.5 Å². The number of rotatable bonds is 4. The number of carbonyl (C=O) groups excluding carboxylic acids is 1. The first-order valence-corrected chi connectivity index (χ1v) is 6.56. The number of hydrogen-bond donors (Lipinski definition) is 1. The van der Waals surface area contributed by atoms with Crippen molar-refractivity contribution in [1.82, 2.24) is 15.1 Å². The molecule has 1 aromatic rings. The summed E-state index contributed by atoms with van der Waals surface area (Å²) in [5, 5.41) is 3.26. The third-order valence-electron chi connectivity index (χ3n) is 3.33. The van der Waals surface area contributed by atoms with E-state index in [0.29, 0.717) is 13.1 Å². The molecule has 2 rings (SSSR count). The summed E-state index contributed by atoms with van der Waals surface area (Å²) in [6, 6.07) is 6.27. The molecule has 1 fully saturated rings. The number of likely N-dealkylation sites (N-methyl/N-ethyl adjacent to an activating group) is 1. The van der Waals surface area contributed by atoms with Crippen molar-refractivity contribution in [2.24, 2.45) is 0 Å². The van der Waals surface area contributed by atoms with Crippen LogP contribution < -0.4 is 5.32 Å². The molecule has 104 valence electrons. The van der Waals surface area contributed by atoms with Gasteiger partial charge in [-0.1, -0.05) is 12.1 Å². The van der Waals surface area contributed by atoms with Gasteiger partial charge in [0.05, 0.1) is 6.54 Å². The summed E-state index contributed by atoms with van der Waals surface area (Å²) in [6.45, 7) is 4.68. The van der Waals surface area contributed by atoms with Crippen molar-refractivity contribution >= 4 is 5.91 Å². The van der Waals surface area contributed by atoms with Crippen molar-refractivity contribution in [3.8, 4) is 0 Å². The molecule has 1 aliphatic heterocycles. The quantitative estimate of drug-likeness (QED) is 0.870. The molecule has 1 heterocycles. The lowest BCUT2D eigenvalue weighted by Gasteiger charge is -2.28. The maximum Gasteiger partial charge on any atom is 0.236 e. The summed E-state index contributed by atoms with van der Waals surface area (Å²) in [4.78, 5) is 15.9. The van der Waals surface area contributed by atoms with Gasteiger partial charge in [0.15, 0.2) is 0 Å². The summed E-state index contributed by atoms with van der Waals surface area (Å²) in [6.07, 6.45) is 0. The lowest BCUT2D eigenvalue weighted by molar-refractivity contribution is -0.131. The summed E-state index contributed by atoms with van der Waals surface area (Å²) >= 11 is 0. The smallest absolute Gasteiger partial charge is 0.236 e. The van der Waals surface area contributed by atoms with Crippen LogP contribution in [0, 0.1) is 5.82 Å². The number of nitrogens with zero attached hydrogens (tertiary/aromatic N) is 2. The van der Waals surface area contributed by atoms with Crippen molar-refractivity contribution in [2.75, 3.05) is 39.8 Å². The van der Waals surface area contributed by atoms with Gasteiger partial charge in [-0.2, -0.15) is 0 Å². The highest BCUT2D eigenvalue weighted by Crippen LogP contribution is 2.06. The summed E-state index contributed by atoms with van der Waals surface area (Å²) in [5.74, 6) is -0.148. The van der Waals surface area contributed by atoms with Crippen LogP contribution in [0.1, 0.15) is 5.56 Å². The molecule has 0 saturated carbocycles. The minimum atomic E-state index is -0.251. The SMILES string of the molecule is CN(Cc1ccc(F)cc1)C(=O)CN1CCNCC1. The molecule has 0 radical (unpaired) electrons. The van der Waals surface area contributed by atoms with Crippen LogP contribution >= 0.6 is 0 Å². The molecule has 1 aromatic carbocycles. The van der Waals surface area contributed by atoms with E-state index >= 15 is 0 Å². The van der Waals surface area contributed by atoms with E-state index < -0.39 is 0 Å². The lowest BCUT2D eigenvalue weighted by atomic mass is 10.2. The van der Waals surface area contributed by atoms with E-state index in [9.17, 15) is 9.18 Å². The Morgan fingerprint density at radius 2 is 1.95 bits per heavy atom. The molecule has 1 amide bonds. The number of benzene rings is 1. The van der Waals surface area contributed by atoms with Gasteiger partial charge < -0.3 is 10.2 Å². The van der Waals surface area contributed by atoms with Gasteiger partial charge in [-0.15, -0.1) is 0 Å². The van der Waals surface area contributed by atoms with E-state index in [-0.39, 0.29) is 11.7 Å². The Bertz CT molecular complexity index is 415. The van der Waals surface area contributed by atoms with E-state index in [0.717, 1.165) is 31.7 Å². The molecule has 0 spiro atoms. The van der Waals surface area contributed by atoms with Crippen molar-refractivity contribution < 1.29 is 9.18 Å². The zero-order chi connectivity index (χ0) is 13.7. The van der Waals surface area contributed by atoms with E-state index in [2.05, 4.69) is 10.2 Å². The summed E-state index contributed by atoms with van der Waals surface area (Å²) < 4.78 is 12.8. The van der Waals surface area contributed by atoms with Gasteiger partial charge in [-0.25, -0.2) is 4.39 Å². The lowest BCUT2D eigenvalue weighted by Crippen LogP contribution is -2.47. The van der Waals surface area contributed by atoms with Crippen LogP contribution in [0.4, 0.5) is 4.39 Å². The number of hydrogen-bond acceptors (Lipinski definition) is 3. The van der Waals surface area contributed by atoms with Crippen molar-refractivity contribution in [2.45, 2.75) is 6.54 Å². The highest BCUT2D eigenvalue weighted by atomic mass is 19.1. The van der Waals surface area contributed by atoms with Crippen molar-refractivity contribution in [3.63, 3.8) is 0 Å². The van der Waals surface area contributed by atoms with Gasteiger partial charge >= 0.3 is 0 Å². The number of nitrogens with one attached hydrogen (secondary N) is 1. The van der Waals surface area contributed by atoms with Crippen LogP contribution in [0.5, 0.6) is 0 Å². The Morgan fingerprint density at radius 3 is 2.58 bits per heavy atom. The third-order valence-corrected chi connectivity index (χ3v) is 3.33. The second-order valence-corrected chi connectivity index (χ2v) is 4.90. The number of amides is 1. The third kappa shape index (κ3) is 4.29. The van der Waals surface area contributed by atoms with Gasteiger partial charge in [0.2, 0.25) is 5.91 Å². The number of carbonyl (C=O) groups is 1. The molecule has 0 aromatic heterocycles. The van der Waals surface area contributed by atoms with Gasteiger partial charge in [-0.05, 0) is 17.7 Å². The van der Waals surface area contributed by atoms with Crippen LogP contribution in [-0.2, 0) is 11.3 Å². The minimum absolute atomic E-state index is 0.103. The Labute approximate surface area is 113 Å². The fourth-order valence-electron chi connectivity index (χ4n) is 2.13. The molecule has 5 heteroatoms. The highest BCUT2D eigenvalue weighted by Gasteiger charge is 2.16. The molecular weight excluding hydrogens is 245 g/mol. The molecule has 4 nitrogen and oxygen atoms in total. The van der Waals surface area contributed by atoms with Crippen LogP contribution in [0.25, 0.3) is 0 Å². The normalized spacial score (nSPS) is 16.3. The van der Waals surface area contributed by atoms with Crippen LogP contribution in [0.3, 0.4) is 0 Å². The maximum absolute atomic E-state index is 12.8. The monoisotopic (exact) mass is 265 g/mol. The summed E-state index contributed by atoms with van der Waals surface area (Å²) in [7, 11) is 1.79. The molecule has 0 atom stereocenters. The molecule has 19 heavy (non-hydrogen) atoms. The van der Waals surface area contributed by atoms with Gasteiger partial charge in [-0.3, -0.25) is 9.69 Å². The average molecular weight is 265 g/mol. The topological polar surface area (TPSA) is 35.6 Å². The first kappa shape index (κ1) is 14.0. The Morgan fingerprint density at radius 1 is 1.32 bits per heavy atom. The zero-order valence-corrected chi connectivity index (χ0v) is 11.2. The van der Waals surface area contributed by atoms with Crippen LogP contribution in [0.15, 0.2) is 24.3 Å². The minimum Gasteiger partial charge on any atom is -0.340 e. The Hall–Kier alpha value is -1.46. The molecule has 1 aliphatic rings. The molecular formula is C14H20FN3O. The molecule has 1 N–H and O–H groups in total. The van der Waals surface area contributed by atoms with Crippen LogP contribution in [0.2, 0.25) is 0 Å². The Kier molecular flexibility index (Phi) is 4.87. The fraction of sp³-hybridized carbons (Fsp3) is 0.500. The van der Waals surface area contributed by atoms with Crippen molar-refractivity contribution in [3.05, 3.63) is 35.6 Å². The zero-order valence-electron chi connectivity index (χ0n) is 11.2. The van der Waals surface area contributed by atoms with E-state index in [4.69, 9.17) is 0 Å². The molecule has 1 saturated heterocycles.